The van der Waals surface area contributed by atoms with E-state index in [4.69, 9.17) is 0 Å². The summed E-state index contributed by atoms with van der Waals surface area (Å²) in [7, 11) is 1.18. The second-order valence-electron chi connectivity index (χ2n) is 4.35. The summed E-state index contributed by atoms with van der Waals surface area (Å²) in [6, 6.07) is 9.25. The van der Waals surface area contributed by atoms with Gasteiger partial charge in [0.25, 0.3) is 0 Å². The zero-order valence-corrected chi connectivity index (χ0v) is 13.2. The standard InChI is InChI=1S/C15H13BrF2N2O2/c1-22-15-11(17)6-9(7-12(15)18)19-8-14(21)20-13-5-3-2-4-10(13)16/h2-7,19H,8H2,1H3,(H,20,21). The first-order chi connectivity index (χ1) is 10.5. The van der Waals surface area contributed by atoms with Crippen LogP contribution in [0.2, 0.25) is 0 Å². The Morgan fingerprint density at radius 2 is 1.86 bits per heavy atom. The van der Waals surface area contributed by atoms with Crippen molar-refractivity contribution in [2.75, 3.05) is 24.3 Å². The molecule has 1 amide bonds. The average Bonchev–Trinajstić information content (AvgIpc) is 2.47. The Morgan fingerprint density at radius 3 is 2.45 bits per heavy atom. The molecule has 2 aromatic carbocycles. The van der Waals surface area contributed by atoms with E-state index in [1.54, 1.807) is 18.2 Å². The summed E-state index contributed by atoms with van der Waals surface area (Å²) in [5.74, 6) is -2.47. The number of rotatable bonds is 5. The quantitative estimate of drug-likeness (QED) is 0.841. The van der Waals surface area contributed by atoms with E-state index < -0.39 is 17.4 Å². The number of benzene rings is 2. The number of hydrogen-bond acceptors (Lipinski definition) is 3. The fraction of sp³-hybridized carbons (Fsp3) is 0.133. The first-order valence-corrected chi connectivity index (χ1v) is 7.12. The van der Waals surface area contributed by atoms with Crippen molar-refractivity contribution in [3.8, 4) is 5.75 Å². The monoisotopic (exact) mass is 370 g/mol. The summed E-state index contributed by atoms with van der Waals surface area (Å²) in [6.45, 7) is -0.132. The summed E-state index contributed by atoms with van der Waals surface area (Å²) in [5, 5.41) is 5.33. The maximum Gasteiger partial charge on any atom is 0.243 e. The van der Waals surface area contributed by atoms with Gasteiger partial charge in [-0.3, -0.25) is 4.79 Å². The van der Waals surface area contributed by atoms with Gasteiger partial charge in [0, 0.05) is 22.3 Å². The molecule has 2 aromatic rings. The Kier molecular flexibility index (Phi) is 5.32. The Labute approximate surface area is 134 Å². The van der Waals surface area contributed by atoms with Gasteiger partial charge in [-0.2, -0.15) is 0 Å². The minimum atomic E-state index is -0.837. The number of ether oxygens (including phenoxy) is 1. The molecule has 0 radical (unpaired) electrons. The molecular formula is C15H13BrF2N2O2. The molecule has 0 bridgehead atoms. The zero-order chi connectivity index (χ0) is 16.1. The number of carbonyl (C=O) groups is 1. The van der Waals surface area contributed by atoms with Crippen molar-refractivity contribution in [3.63, 3.8) is 0 Å². The summed E-state index contributed by atoms with van der Waals surface area (Å²) in [5.41, 5.74) is 0.763. The normalized spacial score (nSPS) is 10.2. The molecule has 116 valence electrons. The third kappa shape index (κ3) is 3.94. The van der Waals surface area contributed by atoms with E-state index in [1.807, 2.05) is 6.07 Å². The highest BCUT2D eigenvalue weighted by Gasteiger charge is 2.12. The number of hydrogen-bond donors (Lipinski definition) is 2. The van der Waals surface area contributed by atoms with Crippen LogP contribution in [0.25, 0.3) is 0 Å². The Hall–Kier alpha value is -2.15. The lowest BCUT2D eigenvalue weighted by Gasteiger charge is -2.10. The maximum absolute atomic E-state index is 13.5. The van der Waals surface area contributed by atoms with E-state index in [-0.39, 0.29) is 18.1 Å². The van der Waals surface area contributed by atoms with Crippen molar-refractivity contribution in [1.29, 1.82) is 0 Å². The van der Waals surface area contributed by atoms with Crippen LogP contribution in [0.5, 0.6) is 5.75 Å². The highest BCUT2D eigenvalue weighted by Crippen LogP contribution is 2.25. The molecule has 0 spiro atoms. The largest absolute Gasteiger partial charge is 0.491 e. The Balaban J connectivity index is 1.98. The minimum Gasteiger partial charge on any atom is -0.491 e. The number of methoxy groups -OCH3 is 1. The van der Waals surface area contributed by atoms with Crippen molar-refractivity contribution in [3.05, 3.63) is 52.5 Å². The molecule has 0 aromatic heterocycles. The van der Waals surface area contributed by atoms with Crippen molar-refractivity contribution in [1.82, 2.24) is 0 Å². The number of anilines is 2. The molecule has 22 heavy (non-hydrogen) atoms. The summed E-state index contributed by atoms with van der Waals surface area (Å²) < 4.78 is 32.4. The fourth-order valence-corrected chi connectivity index (χ4v) is 2.18. The van der Waals surface area contributed by atoms with E-state index in [1.165, 1.54) is 7.11 Å². The zero-order valence-electron chi connectivity index (χ0n) is 11.6. The molecule has 0 aliphatic heterocycles. The topological polar surface area (TPSA) is 50.4 Å². The smallest absolute Gasteiger partial charge is 0.243 e. The Morgan fingerprint density at radius 1 is 1.23 bits per heavy atom. The minimum absolute atomic E-state index is 0.132. The van der Waals surface area contributed by atoms with Crippen LogP contribution in [0.15, 0.2) is 40.9 Å². The van der Waals surface area contributed by atoms with E-state index in [2.05, 4.69) is 31.3 Å². The summed E-state index contributed by atoms with van der Waals surface area (Å²) >= 11 is 3.31. The Bertz CT molecular complexity index is 672. The first-order valence-electron chi connectivity index (χ1n) is 6.32. The van der Waals surface area contributed by atoms with Crippen LogP contribution in [0.1, 0.15) is 0 Å². The van der Waals surface area contributed by atoms with Gasteiger partial charge in [-0.05, 0) is 28.1 Å². The van der Waals surface area contributed by atoms with Gasteiger partial charge in [0.05, 0.1) is 19.3 Å². The molecule has 0 aliphatic carbocycles. The van der Waals surface area contributed by atoms with Gasteiger partial charge in [-0.1, -0.05) is 12.1 Å². The molecule has 0 atom stereocenters. The second kappa shape index (κ2) is 7.22. The van der Waals surface area contributed by atoms with Crippen LogP contribution in [0, 0.1) is 11.6 Å². The SMILES string of the molecule is COc1c(F)cc(NCC(=O)Nc2ccccc2Br)cc1F. The number of para-hydroxylation sites is 1. The highest BCUT2D eigenvalue weighted by molar-refractivity contribution is 9.10. The molecule has 2 N–H and O–H groups in total. The highest BCUT2D eigenvalue weighted by atomic mass is 79.9. The van der Waals surface area contributed by atoms with E-state index in [0.29, 0.717) is 5.69 Å². The molecule has 0 unspecified atom stereocenters. The van der Waals surface area contributed by atoms with Gasteiger partial charge in [0.15, 0.2) is 17.4 Å². The fourth-order valence-electron chi connectivity index (χ4n) is 1.80. The van der Waals surface area contributed by atoms with Gasteiger partial charge in [0.1, 0.15) is 0 Å². The molecule has 4 nitrogen and oxygen atoms in total. The summed E-state index contributed by atoms with van der Waals surface area (Å²) in [6.07, 6.45) is 0. The maximum atomic E-state index is 13.5. The number of nitrogens with one attached hydrogen (secondary N) is 2. The van der Waals surface area contributed by atoms with E-state index >= 15 is 0 Å². The number of halogens is 3. The summed E-state index contributed by atoms with van der Waals surface area (Å²) in [4.78, 5) is 11.8. The van der Waals surface area contributed by atoms with Crippen LogP contribution >= 0.6 is 15.9 Å². The van der Waals surface area contributed by atoms with Crippen molar-refractivity contribution >= 4 is 33.2 Å². The molecular weight excluding hydrogens is 358 g/mol. The third-order valence-electron chi connectivity index (χ3n) is 2.80. The van der Waals surface area contributed by atoms with Crippen LogP contribution < -0.4 is 15.4 Å². The molecule has 7 heteroatoms. The van der Waals surface area contributed by atoms with Gasteiger partial charge < -0.3 is 15.4 Å². The molecule has 0 heterocycles. The first kappa shape index (κ1) is 16.2. The molecule has 0 saturated heterocycles. The van der Waals surface area contributed by atoms with E-state index in [9.17, 15) is 13.6 Å². The van der Waals surface area contributed by atoms with Crippen molar-refractivity contribution in [2.24, 2.45) is 0 Å². The molecule has 2 rings (SSSR count). The van der Waals surface area contributed by atoms with Crippen LogP contribution in [0.3, 0.4) is 0 Å². The molecule has 0 saturated carbocycles. The van der Waals surface area contributed by atoms with Crippen LogP contribution in [-0.2, 0) is 4.79 Å². The molecule has 0 fully saturated rings. The van der Waals surface area contributed by atoms with Crippen molar-refractivity contribution in [2.45, 2.75) is 0 Å². The third-order valence-corrected chi connectivity index (χ3v) is 3.49. The predicted molar refractivity (Wildman–Crippen MR) is 84.2 cm³/mol. The number of carbonyl (C=O) groups excluding carboxylic acids is 1. The molecule has 0 aliphatic rings. The van der Waals surface area contributed by atoms with Gasteiger partial charge in [-0.15, -0.1) is 0 Å². The van der Waals surface area contributed by atoms with Crippen molar-refractivity contribution < 1.29 is 18.3 Å². The van der Waals surface area contributed by atoms with Gasteiger partial charge in [0.2, 0.25) is 5.91 Å². The predicted octanol–water partition coefficient (Wildman–Crippen LogP) is 3.79. The van der Waals surface area contributed by atoms with Crippen LogP contribution in [-0.4, -0.2) is 19.6 Å². The van der Waals surface area contributed by atoms with Crippen LogP contribution in [0.4, 0.5) is 20.2 Å². The van der Waals surface area contributed by atoms with E-state index in [0.717, 1.165) is 16.6 Å². The van der Waals surface area contributed by atoms with Gasteiger partial charge >= 0.3 is 0 Å². The average molecular weight is 371 g/mol. The second-order valence-corrected chi connectivity index (χ2v) is 5.21. The van der Waals surface area contributed by atoms with Gasteiger partial charge in [-0.25, -0.2) is 8.78 Å². The number of amides is 1. The lowest BCUT2D eigenvalue weighted by atomic mass is 10.2. The lowest BCUT2D eigenvalue weighted by Crippen LogP contribution is -2.22. The lowest BCUT2D eigenvalue weighted by molar-refractivity contribution is -0.114.